The highest BCUT2D eigenvalue weighted by Gasteiger charge is 2.29. The van der Waals surface area contributed by atoms with Gasteiger partial charge in [-0.15, -0.1) is 0 Å². The molecule has 0 spiro atoms. The number of nitrogens with one attached hydrogen (secondary N) is 1. The fraction of sp³-hybridized carbons (Fsp3) is 0.417. The molecule has 0 fully saturated rings. The second-order valence-electron chi connectivity index (χ2n) is 7.77. The van der Waals surface area contributed by atoms with Crippen LogP contribution in [-0.4, -0.2) is 29.3 Å². The minimum atomic E-state index is -0.584. The molecule has 1 atom stereocenters. The number of aryl methyl sites for hydroxylation is 1. The minimum Gasteiger partial charge on any atom is -0.354 e. The Labute approximate surface area is 189 Å². The number of nitrogens with zero attached hydrogens (tertiary/aromatic N) is 1. The molecule has 0 saturated carbocycles. The largest absolute Gasteiger partial charge is 0.354 e. The standard InChI is InChI=1S/C24H30Cl2N2O2/c1-4-22(24(30)27-15-17(2)3)28(16-19-20(25)11-8-12-21(19)26)23(29)14-13-18-9-6-5-7-10-18/h5-12,17,22H,4,13-16H2,1-3H3,(H,27,30). The lowest BCUT2D eigenvalue weighted by Crippen LogP contribution is -2.49. The van der Waals surface area contributed by atoms with Crippen LogP contribution in [0.15, 0.2) is 48.5 Å². The van der Waals surface area contributed by atoms with Crippen LogP contribution >= 0.6 is 23.2 Å². The molecule has 0 aliphatic heterocycles. The summed E-state index contributed by atoms with van der Waals surface area (Å²) in [5.74, 6) is 0.0792. The van der Waals surface area contributed by atoms with Crippen molar-refractivity contribution in [3.63, 3.8) is 0 Å². The first kappa shape index (κ1) is 24.2. The van der Waals surface area contributed by atoms with Crippen molar-refractivity contribution in [1.82, 2.24) is 10.2 Å². The van der Waals surface area contributed by atoms with Crippen molar-refractivity contribution in [2.45, 2.75) is 52.6 Å². The maximum Gasteiger partial charge on any atom is 0.242 e. The van der Waals surface area contributed by atoms with E-state index in [-0.39, 0.29) is 18.4 Å². The Morgan fingerprint density at radius 3 is 2.20 bits per heavy atom. The molecule has 4 nitrogen and oxygen atoms in total. The summed E-state index contributed by atoms with van der Waals surface area (Å²) in [6.45, 7) is 6.74. The van der Waals surface area contributed by atoms with E-state index in [9.17, 15) is 9.59 Å². The van der Waals surface area contributed by atoms with Gasteiger partial charge >= 0.3 is 0 Å². The van der Waals surface area contributed by atoms with Crippen LogP contribution in [0.2, 0.25) is 10.0 Å². The molecule has 0 aliphatic carbocycles. The summed E-state index contributed by atoms with van der Waals surface area (Å²) in [6.07, 6.45) is 1.42. The van der Waals surface area contributed by atoms with Gasteiger partial charge in [0.15, 0.2) is 0 Å². The van der Waals surface area contributed by atoms with Gasteiger partial charge < -0.3 is 10.2 Å². The summed E-state index contributed by atoms with van der Waals surface area (Å²) >= 11 is 12.7. The maximum atomic E-state index is 13.2. The molecule has 0 bridgehead atoms. The Balaban J connectivity index is 2.25. The van der Waals surface area contributed by atoms with Gasteiger partial charge in [0.05, 0.1) is 0 Å². The van der Waals surface area contributed by atoms with Crippen molar-refractivity contribution >= 4 is 35.0 Å². The van der Waals surface area contributed by atoms with Gasteiger partial charge in [-0.25, -0.2) is 0 Å². The van der Waals surface area contributed by atoms with Gasteiger partial charge in [-0.05, 0) is 36.5 Å². The third-order valence-corrected chi connectivity index (χ3v) is 5.64. The van der Waals surface area contributed by atoms with Gasteiger partial charge in [0.2, 0.25) is 11.8 Å². The number of carbonyl (C=O) groups is 2. The van der Waals surface area contributed by atoms with E-state index in [2.05, 4.69) is 5.32 Å². The van der Waals surface area contributed by atoms with Crippen molar-refractivity contribution in [2.75, 3.05) is 6.54 Å². The lowest BCUT2D eigenvalue weighted by molar-refractivity contribution is -0.141. The fourth-order valence-corrected chi connectivity index (χ4v) is 3.75. The minimum absolute atomic E-state index is 0.0959. The molecule has 0 aliphatic rings. The smallest absolute Gasteiger partial charge is 0.242 e. The molecule has 2 aromatic carbocycles. The topological polar surface area (TPSA) is 49.4 Å². The fourth-order valence-electron chi connectivity index (χ4n) is 3.24. The molecular weight excluding hydrogens is 419 g/mol. The van der Waals surface area contributed by atoms with Gasteiger partial charge in [-0.1, -0.05) is 80.4 Å². The summed E-state index contributed by atoms with van der Waals surface area (Å²) in [4.78, 5) is 27.8. The molecule has 30 heavy (non-hydrogen) atoms. The molecule has 0 heterocycles. The number of carbonyl (C=O) groups excluding carboxylic acids is 2. The Morgan fingerprint density at radius 1 is 1.00 bits per heavy atom. The van der Waals surface area contributed by atoms with Crippen LogP contribution in [0.5, 0.6) is 0 Å². The zero-order valence-electron chi connectivity index (χ0n) is 17.8. The Kier molecular flexibility index (Phi) is 9.67. The molecule has 2 amide bonds. The predicted octanol–water partition coefficient (Wildman–Crippen LogP) is 5.51. The van der Waals surface area contributed by atoms with E-state index in [1.165, 1.54) is 0 Å². The number of rotatable bonds is 10. The number of hydrogen-bond acceptors (Lipinski definition) is 2. The second-order valence-corrected chi connectivity index (χ2v) is 8.58. The van der Waals surface area contributed by atoms with E-state index < -0.39 is 6.04 Å². The SMILES string of the molecule is CCC(C(=O)NCC(C)C)N(Cc1c(Cl)cccc1Cl)C(=O)CCc1ccccc1. The van der Waals surface area contributed by atoms with E-state index in [1.807, 2.05) is 51.1 Å². The van der Waals surface area contributed by atoms with Crippen LogP contribution in [0.3, 0.4) is 0 Å². The molecule has 2 rings (SSSR count). The van der Waals surface area contributed by atoms with E-state index in [0.717, 1.165) is 5.56 Å². The summed E-state index contributed by atoms with van der Waals surface area (Å²) in [6, 6.07) is 14.5. The zero-order valence-corrected chi connectivity index (χ0v) is 19.3. The van der Waals surface area contributed by atoms with Crippen LogP contribution in [0.4, 0.5) is 0 Å². The Bertz CT molecular complexity index is 820. The molecule has 1 N–H and O–H groups in total. The van der Waals surface area contributed by atoms with Crippen molar-refractivity contribution in [1.29, 1.82) is 0 Å². The van der Waals surface area contributed by atoms with E-state index in [0.29, 0.717) is 47.3 Å². The first-order valence-corrected chi connectivity index (χ1v) is 11.1. The number of hydrogen-bond donors (Lipinski definition) is 1. The van der Waals surface area contributed by atoms with Crippen molar-refractivity contribution < 1.29 is 9.59 Å². The van der Waals surface area contributed by atoms with Crippen LogP contribution in [0.1, 0.15) is 44.7 Å². The summed E-state index contributed by atoms with van der Waals surface area (Å²) in [7, 11) is 0. The van der Waals surface area contributed by atoms with Crippen molar-refractivity contribution in [2.24, 2.45) is 5.92 Å². The zero-order chi connectivity index (χ0) is 22.1. The maximum absolute atomic E-state index is 13.2. The first-order chi connectivity index (χ1) is 14.3. The highest BCUT2D eigenvalue weighted by Crippen LogP contribution is 2.27. The first-order valence-electron chi connectivity index (χ1n) is 10.4. The van der Waals surface area contributed by atoms with Crippen LogP contribution in [0, 0.1) is 5.92 Å². The number of benzene rings is 2. The third kappa shape index (κ3) is 7.03. The third-order valence-electron chi connectivity index (χ3n) is 4.93. The molecule has 1 unspecified atom stereocenters. The van der Waals surface area contributed by atoms with Crippen LogP contribution in [0.25, 0.3) is 0 Å². The Hall–Kier alpha value is -2.04. The molecule has 0 radical (unpaired) electrons. The highest BCUT2D eigenvalue weighted by molar-refractivity contribution is 6.36. The number of halogens is 2. The van der Waals surface area contributed by atoms with Gasteiger partial charge in [0.25, 0.3) is 0 Å². The molecule has 2 aromatic rings. The molecule has 162 valence electrons. The monoisotopic (exact) mass is 448 g/mol. The summed E-state index contributed by atoms with van der Waals surface area (Å²) in [5.41, 5.74) is 1.74. The van der Waals surface area contributed by atoms with Crippen LogP contribution in [-0.2, 0) is 22.6 Å². The lowest BCUT2D eigenvalue weighted by atomic mass is 10.1. The second kappa shape index (κ2) is 12.0. The van der Waals surface area contributed by atoms with Gasteiger partial charge in [-0.3, -0.25) is 9.59 Å². The average molecular weight is 449 g/mol. The molecule has 0 saturated heterocycles. The molecule has 6 heteroatoms. The predicted molar refractivity (Wildman–Crippen MR) is 124 cm³/mol. The van der Waals surface area contributed by atoms with Gasteiger partial charge in [-0.2, -0.15) is 0 Å². The molecular formula is C24H30Cl2N2O2. The van der Waals surface area contributed by atoms with Gasteiger partial charge in [0.1, 0.15) is 6.04 Å². The van der Waals surface area contributed by atoms with Crippen LogP contribution < -0.4 is 5.32 Å². The average Bonchev–Trinajstić information content (AvgIpc) is 2.73. The van der Waals surface area contributed by atoms with E-state index in [1.54, 1.807) is 23.1 Å². The van der Waals surface area contributed by atoms with Crippen molar-refractivity contribution in [3.8, 4) is 0 Å². The number of amides is 2. The quantitative estimate of drug-likeness (QED) is 0.520. The van der Waals surface area contributed by atoms with Gasteiger partial charge in [0, 0.05) is 35.1 Å². The summed E-state index contributed by atoms with van der Waals surface area (Å²) < 4.78 is 0. The summed E-state index contributed by atoms with van der Waals surface area (Å²) in [5, 5.41) is 3.93. The van der Waals surface area contributed by atoms with E-state index >= 15 is 0 Å². The normalized spacial score (nSPS) is 11.9. The molecule has 0 aromatic heterocycles. The lowest BCUT2D eigenvalue weighted by Gasteiger charge is -2.31. The van der Waals surface area contributed by atoms with E-state index in [4.69, 9.17) is 23.2 Å². The highest BCUT2D eigenvalue weighted by atomic mass is 35.5. The van der Waals surface area contributed by atoms with Crippen molar-refractivity contribution in [3.05, 3.63) is 69.7 Å². The Morgan fingerprint density at radius 2 is 1.63 bits per heavy atom.